The van der Waals surface area contributed by atoms with Crippen molar-refractivity contribution in [2.24, 2.45) is 0 Å². The van der Waals surface area contributed by atoms with E-state index in [9.17, 15) is 0 Å². The lowest BCUT2D eigenvalue weighted by molar-refractivity contribution is -0.456. The first-order valence-electron chi connectivity index (χ1n) is 10.1. The second-order valence-corrected chi connectivity index (χ2v) is 8.20. The molecule has 0 radical (unpaired) electrons. The second kappa shape index (κ2) is 7.71. The molecular weight excluding hydrogens is 354 g/mol. The van der Waals surface area contributed by atoms with Crippen LogP contribution in [-0.2, 0) is 18.6 Å². The molecule has 0 atom stereocenters. The van der Waals surface area contributed by atoms with Gasteiger partial charge in [-0.2, -0.15) is 4.58 Å². The summed E-state index contributed by atoms with van der Waals surface area (Å²) in [5.41, 5.74) is 7.55. The van der Waals surface area contributed by atoms with Gasteiger partial charge in [-0.05, 0) is 37.1 Å². The van der Waals surface area contributed by atoms with Gasteiger partial charge in [0.2, 0.25) is 5.69 Å². The van der Waals surface area contributed by atoms with Crippen LogP contribution in [0.25, 0.3) is 6.08 Å². The van der Waals surface area contributed by atoms with E-state index in [1.165, 1.54) is 28.1 Å². The summed E-state index contributed by atoms with van der Waals surface area (Å²) in [4.78, 5) is 0. The van der Waals surface area contributed by atoms with Crippen LogP contribution in [0.1, 0.15) is 43.0 Å². The molecule has 1 heterocycles. The Kier molecular flexibility index (Phi) is 5.10. The molecule has 29 heavy (non-hydrogen) atoms. The Balaban J connectivity index is 1.59. The summed E-state index contributed by atoms with van der Waals surface area (Å²) < 4.78 is 8.52. The molecule has 2 heteroatoms. The van der Waals surface area contributed by atoms with Gasteiger partial charge in [0.1, 0.15) is 12.4 Å². The highest BCUT2D eigenvalue weighted by molar-refractivity contribution is 5.93. The van der Waals surface area contributed by atoms with Crippen molar-refractivity contribution >= 4 is 17.5 Å². The van der Waals surface area contributed by atoms with Crippen molar-refractivity contribution in [3.05, 3.63) is 102 Å². The maximum Gasteiger partial charge on any atom is 0.210 e. The molecule has 0 amide bonds. The molecule has 0 saturated carbocycles. The molecule has 3 aromatic rings. The minimum atomic E-state index is -0.0253. The lowest BCUT2D eigenvalue weighted by Gasteiger charge is -2.16. The van der Waals surface area contributed by atoms with Crippen molar-refractivity contribution in [3.8, 4) is 5.75 Å². The first-order valence-corrected chi connectivity index (χ1v) is 10.1. The van der Waals surface area contributed by atoms with E-state index < -0.39 is 0 Å². The number of fused-ring (bicyclic) bond motifs is 1. The topological polar surface area (TPSA) is 12.2 Å². The summed E-state index contributed by atoms with van der Waals surface area (Å²) in [5, 5.41) is 0. The van der Waals surface area contributed by atoms with Crippen LogP contribution < -0.4 is 4.74 Å². The van der Waals surface area contributed by atoms with Crippen molar-refractivity contribution in [1.29, 1.82) is 0 Å². The van der Waals surface area contributed by atoms with Gasteiger partial charge < -0.3 is 4.74 Å². The third kappa shape index (κ3) is 3.75. The minimum Gasteiger partial charge on any atom is -0.489 e. The third-order valence-electron chi connectivity index (χ3n) is 6.05. The van der Waals surface area contributed by atoms with Crippen LogP contribution in [0, 0.1) is 0 Å². The zero-order valence-corrected chi connectivity index (χ0v) is 17.5. The molecular formula is C27H28NO+. The minimum absolute atomic E-state index is 0.0253. The Hall–Kier alpha value is -3.13. The summed E-state index contributed by atoms with van der Waals surface area (Å²) in [7, 11) is 0. The van der Waals surface area contributed by atoms with Crippen molar-refractivity contribution in [2.45, 2.75) is 39.3 Å². The van der Waals surface area contributed by atoms with Gasteiger partial charge in [-0.15, -0.1) is 0 Å². The predicted molar refractivity (Wildman–Crippen MR) is 121 cm³/mol. The molecule has 146 valence electrons. The standard InChI is InChI=1S/C27H28NO/c1-5-21-11-13-22(14-12-21)18-28-20(2)27(3,4)25-17-24(15-16-26(25)28)29-19-23-9-7-6-8-10-23/h5-17H,1,18-19H2,2-4H3/q+1. The van der Waals surface area contributed by atoms with Crippen molar-refractivity contribution in [1.82, 2.24) is 0 Å². The molecule has 0 aliphatic carbocycles. The van der Waals surface area contributed by atoms with E-state index in [1.54, 1.807) is 0 Å². The normalized spacial score (nSPS) is 14.6. The fourth-order valence-electron chi connectivity index (χ4n) is 3.94. The predicted octanol–water partition coefficient (Wildman–Crippen LogP) is 6.50. The van der Waals surface area contributed by atoms with Gasteiger partial charge >= 0.3 is 0 Å². The lowest BCUT2D eigenvalue weighted by Crippen LogP contribution is -2.26. The molecule has 2 nitrogen and oxygen atoms in total. The average molecular weight is 383 g/mol. The highest BCUT2D eigenvalue weighted by Crippen LogP contribution is 2.42. The molecule has 0 fully saturated rings. The Morgan fingerprint density at radius 1 is 0.931 bits per heavy atom. The Morgan fingerprint density at radius 3 is 2.34 bits per heavy atom. The maximum absolute atomic E-state index is 6.09. The highest BCUT2D eigenvalue weighted by atomic mass is 16.5. The number of rotatable bonds is 6. The van der Waals surface area contributed by atoms with Crippen LogP contribution >= 0.6 is 0 Å². The SMILES string of the molecule is C=Cc1ccc(C[N+]2=C(C)C(C)(C)c3cc(OCc4ccccc4)ccc32)cc1. The average Bonchev–Trinajstić information content (AvgIpc) is 2.94. The molecule has 1 aliphatic heterocycles. The van der Waals surface area contributed by atoms with Gasteiger partial charge in [0, 0.05) is 24.1 Å². The summed E-state index contributed by atoms with van der Waals surface area (Å²) in [6.45, 7) is 12.1. The van der Waals surface area contributed by atoms with Crippen LogP contribution in [0.5, 0.6) is 5.75 Å². The van der Waals surface area contributed by atoms with Gasteiger partial charge in [-0.25, -0.2) is 0 Å². The van der Waals surface area contributed by atoms with Gasteiger partial charge in [0.05, 0.1) is 5.41 Å². The fourth-order valence-corrected chi connectivity index (χ4v) is 3.94. The number of hydrogen-bond donors (Lipinski definition) is 0. The van der Waals surface area contributed by atoms with E-state index in [0.29, 0.717) is 6.61 Å². The van der Waals surface area contributed by atoms with E-state index >= 15 is 0 Å². The molecule has 0 saturated heterocycles. The van der Waals surface area contributed by atoms with E-state index in [1.807, 2.05) is 24.3 Å². The second-order valence-electron chi connectivity index (χ2n) is 8.20. The quantitative estimate of drug-likeness (QED) is 0.443. The summed E-state index contributed by atoms with van der Waals surface area (Å²) in [6, 6.07) is 25.4. The van der Waals surface area contributed by atoms with E-state index in [-0.39, 0.29) is 5.41 Å². The molecule has 0 bridgehead atoms. The summed E-state index contributed by atoms with van der Waals surface area (Å²) in [6.07, 6.45) is 1.88. The highest BCUT2D eigenvalue weighted by Gasteiger charge is 2.43. The van der Waals surface area contributed by atoms with Crippen molar-refractivity contribution in [3.63, 3.8) is 0 Å². The number of benzene rings is 3. The molecule has 3 aromatic carbocycles. The zero-order chi connectivity index (χ0) is 20.4. The van der Waals surface area contributed by atoms with Crippen LogP contribution in [0.2, 0.25) is 0 Å². The van der Waals surface area contributed by atoms with Crippen LogP contribution in [0.3, 0.4) is 0 Å². The molecule has 4 rings (SSSR count). The molecule has 0 spiro atoms. The van der Waals surface area contributed by atoms with Gasteiger partial charge in [-0.3, -0.25) is 0 Å². The lowest BCUT2D eigenvalue weighted by atomic mass is 9.82. The summed E-state index contributed by atoms with van der Waals surface area (Å²) >= 11 is 0. The molecule has 0 N–H and O–H groups in total. The van der Waals surface area contributed by atoms with E-state index in [2.05, 4.69) is 86.5 Å². The molecule has 1 aliphatic rings. The van der Waals surface area contributed by atoms with Gasteiger partial charge in [0.15, 0.2) is 12.3 Å². The van der Waals surface area contributed by atoms with Crippen molar-refractivity contribution in [2.75, 3.05) is 0 Å². The smallest absolute Gasteiger partial charge is 0.210 e. The Bertz CT molecular complexity index is 1060. The number of ether oxygens (including phenoxy) is 1. The van der Waals surface area contributed by atoms with Gasteiger partial charge in [0.25, 0.3) is 0 Å². The largest absolute Gasteiger partial charge is 0.489 e. The third-order valence-corrected chi connectivity index (χ3v) is 6.05. The fraction of sp³-hybridized carbons (Fsp3) is 0.222. The Labute approximate surface area is 173 Å². The van der Waals surface area contributed by atoms with E-state index in [0.717, 1.165) is 17.9 Å². The first kappa shape index (κ1) is 19.2. The van der Waals surface area contributed by atoms with Crippen molar-refractivity contribution < 1.29 is 9.31 Å². The van der Waals surface area contributed by atoms with E-state index in [4.69, 9.17) is 4.74 Å². The van der Waals surface area contributed by atoms with Gasteiger partial charge in [-0.1, -0.05) is 67.3 Å². The molecule has 0 aromatic heterocycles. The number of hydrogen-bond acceptors (Lipinski definition) is 1. The maximum atomic E-state index is 6.09. The number of nitrogens with zero attached hydrogens (tertiary/aromatic N) is 1. The van der Waals surface area contributed by atoms with Crippen LogP contribution in [0.4, 0.5) is 5.69 Å². The van der Waals surface area contributed by atoms with Crippen LogP contribution in [-0.4, -0.2) is 10.3 Å². The molecule has 0 unspecified atom stereocenters. The van der Waals surface area contributed by atoms with Crippen LogP contribution in [0.15, 0.2) is 79.4 Å². The first-order chi connectivity index (χ1) is 14.0. The monoisotopic (exact) mass is 382 g/mol. The Morgan fingerprint density at radius 2 is 1.66 bits per heavy atom. The summed E-state index contributed by atoms with van der Waals surface area (Å²) in [5.74, 6) is 0.922. The zero-order valence-electron chi connectivity index (χ0n) is 17.5.